The third-order valence-corrected chi connectivity index (χ3v) is 7.23. The monoisotopic (exact) mass is 638 g/mol. The van der Waals surface area contributed by atoms with E-state index in [1.165, 1.54) is 31.0 Å². The molecule has 43 heavy (non-hydrogen) atoms. The van der Waals surface area contributed by atoms with Crippen LogP contribution in [0.3, 0.4) is 0 Å². The lowest BCUT2D eigenvalue weighted by atomic mass is 10.2. The number of amides is 1. The molecule has 2 heterocycles. The largest absolute Gasteiger partial charge is 0.493 e. The number of fused-ring (bicyclic) bond motifs is 1. The van der Waals surface area contributed by atoms with Crippen LogP contribution in [-0.2, 0) is 20.3 Å². The normalized spacial score (nSPS) is 12.2. The van der Waals surface area contributed by atoms with Crippen molar-refractivity contribution in [2.24, 2.45) is 0 Å². The molecule has 1 atom stereocenters. The van der Waals surface area contributed by atoms with Gasteiger partial charge in [-0.15, -0.1) is 11.3 Å². The molecule has 0 aliphatic heterocycles. The Labute approximate surface area is 248 Å². The molecule has 1 unspecified atom stereocenters. The van der Waals surface area contributed by atoms with Crippen LogP contribution in [0.5, 0.6) is 11.5 Å². The van der Waals surface area contributed by atoms with E-state index in [9.17, 15) is 18.1 Å². The highest BCUT2D eigenvalue weighted by Gasteiger charge is 2.18. The molecule has 0 spiro atoms. The van der Waals surface area contributed by atoms with Crippen LogP contribution in [0.4, 0.5) is 25.4 Å². The van der Waals surface area contributed by atoms with Crippen LogP contribution in [0.2, 0.25) is 0 Å². The Morgan fingerprint density at radius 1 is 1.09 bits per heavy atom. The molecule has 2 aromatic carbocycles. The van der Waals surface area contributed by atoms with E-state index in [4.69, 9.17) is 19.3 Å². The minimum atomic E-state index is -4.52. The lowest BCUT2D eigenvalue weighted by Crippen LogP contribution is -2.27. The van der Waals surface area contributed by atoms with Crippen LogP contribution >= 0.6 is 19.2 Å². The molecule has 0 saturated carbocycles. The number of rotatable bonds is 15. The maximum atomic E-state index is 13.4. The zero-order chi connectivity index (χ0) is 31.0. The number of nitrogens with one attached hydrogen (secondary N) is 3. The van der Waals surface area contributed by atoms with E-state index in [2.05, 4.69) is 35.4 Å². The van der Waals surface area contributed by atoms with Crippen LogP contribution < -0.4 is 25.4 Å². The summed E-state index contributed by atoms with van der Waals surface area (Å²) in [5, 5.41) is 9.74. The van der Waals surface area contributed by atoms with Crippen LogP contribution in [0.15, 0.2) is 42.9 Å². The van der Waals surface area contributed by atoms with Gasteiger partial charge in [0.1, 0.15) is 23.8 Å². The molecule has 4 rings (SSSR count). The molecule has 0 aliphatic rings. The first-order chi connectivity index (χ1) is 20.5. The number of carbonyl (C=O) groups is 1. The smallest absolute Gasteiger partial charge is 0.469 e. The van der Waals surface area contributed by atoms with E-state index in [0.717, 1.165) is 18.2 Å². The number of nitrogens with zero attached hydrogens (tertiary/aromatic N) is 3. The Bertz CT molecular complexity index is 1600. The Balaban J connectivity index is 1.34. The second-order valence-corrected chi connectivity index (χ2v) is 11.5. The zero-order valence-electron chi connectivity index (χ0n) is 23.0. The van der Waals surface area contributed by atoms with Gasteiger partial charge in [0.2, 0.25) is 5.91 Å². The Morgan fingerprint density at radius 2 is 1.86 bits per heavy atom. The predicted molar refractivity (Wildman–Crippen MR) is 156 cm³/mol. The van der Waals surface area contributed by atoms with Gasteiger partial charge in [0.05, 0.1) is 31.8 Å². The molecule has 0 aliphatic carbocycles. The number of phosphoric ester groups is 1. The molecule has 5 N–H and O–H groups in total. The Morgan fingerprint density at radius 3 is 2.58 bits per heavy atom. The fraction of sp³-hybridized carbons (Fsp3) is 0.308. The van der Waals surface area contributed by atoms with E-state index < -0.39 is 31.5 Å². The summed E-state index contributed by atoms with van der Waals surface area (Å²) in [5.41, 5.74) is 0.598. The van der Waals surface area contributed by atoms with Crippen molar-refractivity contribution in [2.45, 2.75) is 25.9 Å². The Hall–Kier alpha value is -3.79. The predicted octanol–water partition coefficient (Wildman–Crippen LogP) is 4.15. The minimum absolute atomic E-state index is 0.0209. The van der Waals surface area contributed by atoms with E-state index in [-0.39, 0.29) is 18.7 Å². The molecule has 230 valence electrons. The first-order valence-corrected chi connectivity index (χ1v) is 15.2. The number of benzene rings is 2. The van der Waals surface area contributed by atoms with Crippen LogP contribution in [0.1, 0.15) is 18.2 Å². The van der Waals surface area contributed by atoms with Gasteiger partial charge in [-0.1, -0.05) is 0 Å². The van der Waals surface area contributed by atoms with Gasteiger partial charge >= 0.3 is 7.82 Å². The molecular formula is C26H29F2N6O7PS. The molecule has 2 aromatic heterocycles. The standard InChI is InChI=1S/C26H29F2N6O7PS/c1-15(41-42(36,37)38)12-29-4-3-5-40-23-11-21-20(10-22(23)39-2)25(32-14-31-21)34-26-30-13-19(43-26)9-24(35)33-18-7-16(27)6-17(28)8-18/h6-8,10-11,13-15,29H,3-5,9,12H2,1-2H3,(H,33,35)(H2,36,37,38)(H,30,31,32,34). The number of ether oxygens (including phenoxy) is 2. The Kier molecular flexibility index (Phi) is 10.9. The van der Waals surface area contributed by atoms with E-state index in [1.807, 2.05) is 0 Å². The van der Waals surface area contributed by atoms with Crippen LogP contribution in [0, 0.1) is 11.6 Å². The molecule has 4 aromatic rings. The molecule has 13 nitrogen and oxygen atoms in total. The summed E-state index contributed by atoms with van der Waals surface area (Å²) < 4.78 is 53.6. The van der Waals surface area contributed by atoms with Crippen LogP contribution in [-0.4, -0.2) is 63.6 Å². The number of aromatic nitrogens is 3. The second-order valence-electron chi connectivity index (χ2n) is 9.20. The number of anilines is 3. The summed E-state index contributed by atoms with van der Waals surface area (Å²) in [7, 11) is -3.02. The average molecular weight is 639 g/mol. The summed E-state index contributed by atoms with van der Waals surface area (Å²) >= 11 is 1.22. The van der Waals surface area contributed by atoms with E-state index >= 15 is 0 Å². The summed E-state index contributed by atoms with van der Waals surface area (Å²) in [6.07, 6.45) is 2.80. The third-order valence-electron chi connectivity index (χ3n) is 5.69. The first-order valence-electron chi connectivity index (χ1n) is 12.9. The van der Waals surface area contributed by atoms with Gasteiger partial charge in [-0.2, -0.15) is 0 Å². The fourth-order valence-corrected chi connectivity index (χ4v) is 5.28. The van der Waals surface area contributed by atoms with Crippen molar-refractivity contribution in [3.63, 3.8) is 0 Å². The average Bonchev–Trinajstić information content (AvgIpc) is 3.35. The quantitative estimate of drug-likeness (QED) is 0.0930. The summed E-state index contributed by atoms with van der Waals surface area (Å²) in [6, 6.07) is 6.23. The van der Waals surface area contributed by atoms with Gasteiger partial charge in [-0.25, -0.2) is 28.3 Å². The third kappa shape index (κ3) is 9.88. The molecule has 1 amide bonds. The van der Waals surface area contributed by atoms with Crippen molar-refractivity contribution in [3.05, 3.63) is 59.4 Å². The zero-order valence-corrected chi connectivity index (χ0v) is 24.8. The molecule has 0 saturated heterocycles. The molecule has 0 fully saturated rings. The molecule has 17 heteroatoms. The number of hydrogen-bond donors (Lipinski definition) is 5. The maximum Gasteiger partial charge on any atom is 0.469 e. The summed E-state index contributed by atoms with van der Waals surface area (Å²) in [5.74, 6) is -0.664. The van der Waals surface area contributed by atoms with E-state index in [1.54, 1.807) is 19.1 Å². The van der Waals surface area contributed by atoms with Gasteiger partial charge in [-0.3, -0.25) is 9.32 Å². The van der Waals surface area contributed by atoms with Crippen molar-refractivity contribution >= 4 is 52.6 Å². The van der Waals surface area contributed by atoms with Crippen molar-refractivity contribution in [1.82, 2.24) is 20.3 Å². The number of phosphoric acid groups is 1. The highest BCUT2D eigenvalue weighted by molar-refractivity contribution is 7.46. The molecule has 0 radical (unpaired) electrons. The number of carbonyl (C=O) groups excluding carboxylic acids is 1. The summed E-state index contributed by atoms with van der Waals surface area (Å²) in [4.78, 5) is 43.6. The van der Waals surface area contributed by atoms with Gasteiger partial charge in [0.15, 0.2) is 16.6 Å². The lowest BCUT2D eigenvalue weighted by Gasteiger charge is -2.15. The number of methoxy groups -OCH3 is 1. The first kappa shape index (κ1) is 32.1. The van der Waals surface area contributed by atoms with Gasteiger partial charge in [-0.05, 0) is 38.1 Å². The maximum absolute atomic E-state index is 13.4. The van der Waals surface area contributed by atoms with Gasteiger partial charge in [0, 0.05) is 40.8 Å². The van der Waals surface area contributed by atoms with Crippen molar-refractivity contribution in [1.29, 1.82) is 0 Å². The van der Waals surface area contributed by atoms with E-state index in [0.29, 0.717) is 57.8 Å². The summed E-state index contributed by atoms with van der Waals surface area (Å²) in [6.45, 7) is 2.69. The lowest BCUT2D eigenvalue weighted by molar-refractivity contribution is -0.115. The topological polar surface area (TPSA) is 177 Å². The number of hydrogen-bond acceptors (Lipinski definition) is 11. The number of thiazole rings is 1. The minimum Gasteiger partial charge on any atom is -0.493 e. The van der Waals surface area contributed by atoms with Gasteiger partial charge in [0.25, 0.3) is 0 Å². The highest BCUT2D eigenvalue weighted by atomic mass is 32.1. The highest BCUT2D eigenvalue weighted by Crippen LogP contribution is 2.37. The van der Waals surface area contributed by atoms with Crippen molar-refractivity contribution in [2.75, 3.05) is 37.4 Å². The number of halogens is 2. The SMILES string of the molecule is COc1cc2c(Nc3ncc(CC(=O)Nc4cc(F)cc(F)c4)s3)ncnc2cc1OCCCNCC(C)OP(=O)(O)O. The second kappa shape index (κ2) is 14.6. The fourth-order valence-electron chi connectivity index (χ4n) is 3.93. The molecular weight excluding hydrogens is 609 g/mol. The van der Waals surface area contributed by atoms with Crippen LogP contribution in [0.25, 0.3) is 10.9 Å². The van der Waals surface area contributed by atoms with Gasteiger partial charge < -0.3 is 35.2 Å². The molecule has 0 bridgehead atoms. The van der Waals surface area contributed by atoms with Crippen molar-refractivity contribution in [3.8, 4) is 11.5 Å². The van der Waals surface area contributed by atoms with Crippen molar-refractivity contribution < 1.29 is 41.9 Å².